The van der Waals surface area contributed by atoms with Crippen LogP contribution in [0.25, 0.3) is 0 Å². The molecule has 0 fully saturated rings. The first-order valence-corrected chi connectivity index (χ1v) is 6.94. The standard InChI is InChI=1S/C8H14ClN3O3S/c1-6(3-9)5-16(13,14)10-4-8-11-7(2)15-12-8/h6,10H,3-5H2,1-2H3. The Hall–Kier alpha value is -0.660. The highest BCUT2D eigenvalue weighted by Crippen LogP contribution is 2.03. The Balaban J connectivity index is 2.48. The van der Waals surface area contributed by atoms with E-state index >= 15 is 0 Å². The summed E-state index contributed by atoms with van der Waals surface area (Å²) in [5.41, 5.74) is 0. The van der Waals surface area contributed by atoms with Crippen molar-refractivity contribution in [3.05, 3.63) is 11.7 Å². The topological polar surface area (TPSA) is 85.1 Å². The Bertz CT molecular complexity index is 431. The van der Waals surface area contributed by atoms with Gasteiger partial charge < -0.3 is 4.52 Å². The Kier molecular flexibility index (Phi) is 4.69. The summed E-state index contributed by atoms with van der Waals surface area (Å²) in [5, 5.41) is 3.58. The van der Waals surface area contributed by atoms with E-state index in [-0.39, 0.29) is 18.2 Å². The maximum atomic E-state index is 11.5. The Morgan fingerprint density at radius 3 is 2.75 bits per heavy atom. The predicted octanol–water partition coefficient (Wildman–Crippen LogP) is 0.672. The van der Waals surface area contributed by atoms with E-state index in [4.69, 9.17) is 16.1 Å². The number of sulfonamides is 1. The van der Waals surface area contributed by atoms with Gasteiger partial charge in [0.15, 0.2) is 5.82 Å². The monoisotopic (exact) mass is 267 g/mol. The molecule has 1 heterocycles. The lowest BCUT2D eigenvalue weighted by molar-refractivity contribution is 0.387. The van der Waals surface area contributed by atoms with Crippen LogP contribution in [0, 0.1) is 12.8 Å². The van der Waals surface area contributed by atoms with E-state index in [0.29, 0.717) is 17.6 Å². The van der Waals surface area contributed by atoms with Gasteiger partial charge in [-0.3, -0.25) is 0 Å². The molecule has 92 valence electrons. The van der Waals surface area contributed by atoms with E-state index < -0.39 is 10.0 Å². The van der Waals surface area contributed by atoms with Crippen LogP contribution in [-0.2, 0) is 16.6 Å². The van der Waals surface area contributed by atoms with Gasteiger partial charge in [-0.1, -0.05) is 12.1 Å². The van der Waals surface area contributed by atoms with Crippen molar-refractivity contribution in [2.75, 3.05) is 11.6 Å². The van der Waals surface area contributed by atoms with Crippen LogP contribution < -0.4 is 4.72 Å². The maximum Gasteiger partial charge on any atom is 0.223 e. The molecule has 0 saturated carbocycles. The largest absolute Gasteiger partial charge is 0.340 e. The minimum Gasteiger partial charge on any atom is -0.340 e. The van der Waals surface area contributed by atoms with Crippen molar-refractivity contribution < 1.29 is 12.9 Å². The molecule has 16 heavy (non-hydrogen) atoms. The molecular weight excluding hydrogens is 254 g/mol. The van der Waals surface area contributed by atoms with E-state index in [1.54, 1.807) is 13.8 Å². The molecule has 0 aliphatic carbocycles. The number of rotatable bonds is 6. The number of hydrogen-bond acceptors (Lipinski definition) is 5. The van der Waals surface area contributed by atoms with E-state index in [9.17, 15) is 8.42 Å². The summed E-state index contributed by atoms with van der Waals surface area (Å²) in [7, 11) is -3.34. The average Bonchev–Trinajstić information content (AvgIpc) is 2.61. The van der Waals surface area contributed by atoms with Gasteiger partial charge in [0.05, 0.1) is 12.3 Å². The molecule has 0 aliphatic rings. The van der Waals surface area contributed by atoms with Gasteiger partial charge in [-0.05, 0) is 5.92 Å². The van der Waals surface area contributed by atoms with E-state index in [1.807, 2.05) is 0 Å². The molecule has 0 amide bonds. The van der Waals surface area contributed by atoms with Gasteiger partial charge in [-0.25, -0.2) is 13.1 Å². The van der Waals surface area contributed by atoms with Crippen LogP contribution in [0.5, 0.6) is 0 Å². The van der Waals surface area contributed by atoms with Gasteiger partial charge in [0.1, 0.15) is 0 Å². The molecule has 1 unspecified atom stereocenters. The first-order valence-electron chi connectivity index (χ1n) is 4.75. The first kappa shape index (κ1) is 13.4. The SMILES string of the molecule is Cc1nc(CNS(=O)(=O)CC(C)CCl)no1. The number of aryl methyl sites for hydroxylation is 1. The molecule has 0 aliphatic heterocycles. The molecule has 0 spiro atoms. The van der Waals surface area contributed by atoms with Crippen molar-refractivity contribution in [2.24, 2.45) is 5.92 Å². The van der Waals surface area contributed by atoms with E-state index in [2.05, 4.69) is 14.9 Å². The molecule has 1 rings (SSSR count). The highest BCUT2D eigenvalue weighted by Gasteiger charge is 2.15. The Morgan fingerprint density at radius 2 is 2.25 bits per heavy atom. The number of nitrogens with zero attached hydrogens (tertiary/aromatic N) is 2. The summed E-state index contributed by atoms with van der Waals surface area (Å²) in [6, 6.07) is 0. The minimum absolute atomic E-state index is 0.00661. The molecule has 1 atom stereocenters. The second-order valence-electron chi connectivity index (χ2n) is 3.59. The van der Waals surface area contributed by atoms with Crippen LogP contribution in [0.3, 0.4) is 0 Å². The van der Waals surface area contributed by atoms with Crippen LogP contribution in [0.2, 0.25) is 0 Å². The summed E-state index contributed by atoms with van der Waals surface area (Å²) in [4.78, 5) is 3.88. The third-order valence-corrected chi connectivity index (χ3v) is 3.91. The summed E-state index contributed by atoms with van der Waals surface area (Å²) >= 11 is 5.55. The number of alkyl halides is 1. The zero-order chi connectivity index (χ0) is 12.2. The summed E-state index contributed by atoms with van der Waals surface area (Å²) < 4.78 is 30.1. The molecule has 0 radical (unpaired) electrons. The van der Waals surface area contributed by atoms with Crippen molar-refractivity contribution in [1.29, 1.82) is 0 Å². The molecule has 0 aromatic carbocycles. The highest BCUT2D eigenvalue weighted by atomic mass is 35.5. The number of aromatic nitrogens is 2. The summed E-state index contributed by atoms with van der Waals surface area (Å²) in [6.07, 6.45) is 0. The quantitative estimate of drug-likeness (QED) is 0.766. The molecule has 1 N–H and O–H groups in total. The van der Waals surface area contributed by atoms with Crippen LogP contribution in [0.1, 0.15) is 18.6 Å². The maximum absolute atomic E-state index is 11.5. The number of halogens is 1. The number of hydrogen-bond donors (Lipinski definition) is 1. The van der Waals surface area contributed by atoms with Crippen molar-refractivity contribution in [2.45, 2.75) is 20.4 Å². The van der Waals surface area contributed by atoms with Crippen LogP contribution in [0.4, 0.5) is 0 Å². The zero-order valence-electron chi connectivity index (χ0n) is 9.10. The zero-order valence-corrected chi connectivity index (χ0v) is 10.7. The lowest BCUT2D eigenvalue weighted by Gasteiger charge is -2.08. The second kappa shape index (κ2) is 5.60. The molecule has 1 aromatic rings. The second-order valence-corrected chi connectivity index (χ2v) is 5.75. The Labute approximate surface area is 99.4 Å². The minimum atomic E-state index is -3.34. The highest BCUT2D eigenvalue weighted by molar-refractivity contribution is 7.89. The van der Waals surface area contributed by atoms with E-state index in [0.717, 1.165) is 0 Å². The Morgan fingerprint density at radius 1 is 1.56 bits per heavy atom. The summed E-state index contributed by atoms with van der Waals surface area (Å²) in [6.45, 7) is 3.44. The van der Waals surface area contributed by atoms with Crippen LogP contribution in [0.15, 0.2) is 4.52 Å². The molecule has 1 aromatic heterocycles. The van der Waals surface area contributed by atoms with Crippen molar-refractivity contribution in [3.8, 4) is 0 Å². The van der Waals surface area contributed by atoms with E-state index in [1.165, 1.54) is 0 Å². The van der Waals surface area contributed by atoms with Gasteiger partial charge in [0.25, 0.3) is 0 Å². The summed E-state index contributed by atoms with van der Waals surface area (Å²) in [5.74, 6) is 0.935. The van der Waals surface area contributed by atoms with Gasteiger partial charge in [-0.15, -0.1) is 11.6 Å². The first-order chi connectivity index (χ1) is 7.43. The smallest absolute Gasteiger partial charge is 0.223 e. The third kappa shape index (κ3) is 4.46. The third-order valence-electron chi connectivity index (χ3n) is 1.79. The normalized spacial score (nSPS) is 13.9. The van der Waals surface area contributed by atoms with Gasteiger partial charge in [0.2, 0.25) is 15.9 Å². The molecular formula is C8H14ClN3O3S. The van der Waals surface area contributed by atoms with Crippen molar-refractivity contribution in [1.82, 2.24) is 14.9 Å². The van der Waals surface area contributed by atoms with Crippen LogP contribution in [-0.4, -0.2) is 30.2 Å². The molecule has 8 heteroatoms. The van der Waals surface area contributed by atoms with Crippen molar-refractivity contribution >= 4 is 21.6 Å². The fraction of sp³-hybridized carbons (Fsp3) is 0.750. The van der Waals surface area contributed by atoms with Crippen LogP contribution >= 0.6 is 11.6 Å². The average molecular weight is 268 g/mol. The van der Waals surface area contributed by atoms with Gasteiger partial charge in [0, 0.05) is 12.8 Å². The van der Waals surface area contributed by atoms with Gasteiger partial charge >= 0.3 is 0 Å². The number of nitrogens with one attached hydrogen (secondary N) is 1. The van der Waals surface area contributed by atoms with Crippen molar-refractivity contribution in [3.63, 3.8) is 0 Å². The lowest BCUT2D eigenvalue weighted by Crippen LogP contribution is -2.29. The lowest BCUT2D eigenvalue weighted by atomic mass is 10.3. The fourth-order valence-electron chi connectivity index (χ4n) is 1.07. The molecule has 6 nitrogen and oxygen atoms in total. The fourth-order valence-corrected chi connectivity index (χ4v) is 2.64. The molecule has 0 bridgehead atoms. The predicted molar refractivity (Wildman–Crippen MR) is 59.5 cm³/mol. The molecule has 0 saturated heterocycles. The van der Waals surface area contributed by atoms with Gasteiger partial charge in [-0.2, -0.15) is 4.98 Å².